The Balaban J connectivity index is 1.88. The number of rotatable bonds is 4. The lowest BCUT2D eigenvalue weighted by Crippen LogP contribution is -2.25. The Hall–Kier alpha value is -2.43. The molecule has 0 aliphatic heterocycles. The molecule has 2 aromatic rings. The number of halogens is 2. The van der Waals surface area contributed by atoms with Crippen LogP contribution in [0.4, 0.5) is 14.5 Å². The van der Waals surface area contributed by atoms with E-state index in [-0.39, 0.29) is 5.56 Å². The van der Waals surface area contributed by atoms with Gasteiger partial charge in [-0.1, -0.05) is 12.1 Å². The Morgan fingerprint density at radius 2 is 1.75 bits per heavy atom. The molecule has 0 heterocycles. The monoisotopic (exact) mass is 276 g/mol. The van der Waals surface area contributed by atoms with Gasteiger partial charge in [-0.3, -0.25) is 4.79 Å². The molecule has 0 aliphatic rings. The van der Waals surface area contributed by atoms with Gasteiger partial charge in [0.05, 0.1) is 0 Å². The quantitative estimate of drug-likeness (QED) is 0.843. The van der Waals surface area contributed by atoms with E-state index in [1.165, 1.54) is 6.07 Å². The highest BCUT2D eigenvalue weighted by Crippen LogP contribution is 2.09. The van der Waals surface area contributed by atoms with Crippen molar-refractivity contribution in [2.45, 2.75) is 6.42 Å². The summed E-state index contributed by atoms with van der Waals surface area (Å²) < 4.78 is 25.7. The number of nitrogens with one attached hydrogen (secondary N) is 1. The number of carbonyl (C=O) groups is 1. The maximum absolute atomic E-state index is 13.0. The van der Waals surface area contributed by atoms with Crippen molar-refractivity contribution < 1.29 is 13.6 Å². The van der Waals surface area contributed by atoms with Crippen LogP contribution in [0.25, 0.3) is 0 Å². The molecule has 1 amide bonds. The Morgan fingerprint density at radius 3 is 2.40 bits per heavy atom. The van der Waals surface area contributed by atoms with Crippen molar-refractivity contribution in [1.29, 1.82) is 0 Å². The van der Waals surface area contributed by atoms with E-state index in [1.54, 1.807) is 12.1 Å². The van der Waals surface area contributed by atoms with Crippen molar-refractivity contribution in [3.05, 3.63) is 65.2 Å². The molecule has 0 bridgehead atoms. The molecular formula is C15H14F2N2O. The fourth-order valence-electron chi connectivity index (χ4n) is 1.74. The maximum Gasteiger partial charge on any atom is 0.251 e. The molecule has 0 radical (unpaired) electrons. The Morgan fingerprint density at radius 1 is 1.05 bits per heavy atom. The van der Waals surface area contributed by atoms with Gasteiger partial charge >= 0.3 is 0 Å². The fraction of sp³-hybridized carbons (Fsp3) is 0.133. The first-order chi connectivity index (χ1) is 9.56. The first-order valence-electron chi connectivity index (χ1n) is 6.14. The van der Waals surface area contributed by atoms with Crippen LogP contribution in [-0.4, -0.2) is 12.5 Å². The Kier molecular flexibility index (Phi) is 4.30. The highest BCUT2D eigenvalue weighted by Gasteiger charge is 2.09. The molecule has 0 unspecified atom stereocenters. The van der Waals surface area contributed by atoms with Crippen LogP contribution in [0, 0.1) is 11.6 Å². The summed E-state index contributed by atoms with van der Waals surface area (Å²) >= 11 is 0. The highest BCUT2D eigenvalue weighted by molar-refractivity contribution is 5.94. The Labute approximate surface area is 115 Å². The topological polar surface area (TPSA) is 55.1 Å². The zero-order valence-corrected chi connectivity index (χ0v) is 10.7. The summed E-state index contributed by atoms with van der Waals surface area (Å²) in [6.45, 7) is 0.405. The predicted molar refractivity (Wildman–Crippen MR) is 73.2 cm³/mol. The number of nitrogen functional groups attached to an aromatic ring is 1. The van der Waals surface area contributed by atoms with Gasteiger partial charge in [0.2, 0.25) is 0 Å². The summed E-state index contributed by atoms with van der Waals surface area (Å²) in [5.74, 6) is -2.43. The third kappa shape index (κ3) is 3.54. The van der Waals surface area contributed by atoms with E-state index in [1.807, 2.05) is 12.1 Å². The van der Waals surface area contributed by atoms with Crippen molar-refractivity contribution in [3.8, 4) is 0 Å². The van der Waals surface area contributed by atoms with Crippen molar-refractivity contribution in [3.63, 3.8) is 0 Å². The van der Waals surface area contributed by atoms with Crippen LogP contribution in [0.15, 0.2) is 42.5 Å². The largest absolute Gasteiger partial charge is 0.399 e. The number of carbonyl (C=O) groups excluding carboxylic acids is 1. The lowest BCUT2D eigenvalue weighted by molar-refractivity contribution is 0.0953. The number of hydrogen-bond acceptors (Lipinski definition) is 2. The van der Waals surface area contributed by atoms with Gasteiger partial charge in [0.1, 0.15) is 0 Å². The molecular weight excluding hydrogens is 262 g/mol. The molecule has 0 aromatic heterocycles. The summed E-state index contributed by atoms with van der Waals surface area (Å²) in [6.07, 6.45) is 0.635. The van der Waals surface area contributed by atoms with E-state index < -0.39 is 17.5 Å². The molecule has 3 nitrogen and oxygen atoms in total. The molecule has 5 heteroatoms. The fourth-order valence-corrected chi connectivity index (χ4v) is 1.74. The summed E-state index contributed by atoms with van der Waals surface area (Å²) in [5, 5.41) is 2.65. The van der Waals surface area contributed by atoms with Crippen molar-refractivity contribution in [2.24, 2.45) is 0 Å². The zero-order valence-electron chi connectivity index (χ0n) is 10.7. The van der Waals surface area contributed by atoms with Gasteiger partial charge in [-0.05, 0) is 42.3 Å². The number of anilines is 1. The summed E-state index contributed by atoms with van der Waals surface area (Å²) in [7, 11) is 0. The van der Waals surface area contributed by atoms with Crippen LogP contribution in [0.3, 0.4) is 0 Å². The number of amides is 1. The van der Waals surface area contributed by atoms with Crippen LogP contribution in [-0.2, 0) is 6.42 Å². The smallest absolute Gasteiger partial charge is 0.251 e. The average molecular weight is 276 g/mol. The minimum Gasteiger partial charge on any atom is -0.399 e. The molecule has 0 fully saturated rings. The molecule has 0 spiro atoms. The average Bonchev–Trinajstić information content (AvgIpc) is 2.44. The van der Waals surface area contributed by atoms with Crippen LogP contribution in [0.1, 0.15) is 15.9 Å². The van der Waals surface area contributed by atoms with Crippen LogP contribution >= 0.6 is 0 Å². The third-order valence-corrected chi connectivity index (χ3v) is 2.86. The van der Waals surface area contributed by atoms with E-state index in [0.29, 0.717) is 18.7 Å². The normalized spacial score (nSPS) is 10.3. The molecule has 3 N–H and O–H groups in total. The van der Waals surface area contributed by atoms with E-state index in [2.05, 4.69) is 5.32 Å². The van der Waals surface area contributed by atoms with Gasteiger partial charge in [-0.2, -0.15) is 0 Å². The Bertz CT molecular complexity index is 612. The highest BCUT2D eigenvalue weighted by atomic mass is 19.2. The minimum absolute atomic E-state index is 0.0983. The van der Waals surface area contributed by atoms with Crippen molar-refractivity contribution >= 4 is 11.6 Å². The first-order valence-corrected chi connectivity index (χ1v) is 6.14. The van der Waals surface area contributed by atoms with Gasteiger partial charge in [0.25, 0.3) is 5.91 Å². The maximum atomic E-state index is 13.0. The summed E-state index contributed by atoms with van der Waals surface area (Å²) in [4.78, 5) is 11.7. The second kappa shape index (κ2) is 6.14. The molecule has 0 atom stereocenters. The minimum atomic E-state index is -1.03. The van der Waals surface area contributed by atoms with Crippen LogP contribution in [0.5, 0.6) is 0 Å². The van der Waals surface area contributed by atoms with Crippen molar-refractivity contribution in [1.82, 2.24) is 5.32 Å². The second-order valence-electron chi connectivity index (χ2n) is 4.38. The molecule has 104 valence electrons. The lowest BCUT2D eigenvalue weighted by Gasteiger charge is -2.06. The second-order valence-corrected chi connectivity index (χ2v) is 4.38. The van der Waals surface area contributed by atoms with Crippen molar-refractivity contribution in [2.75, 3.05) is 12.3 Å². The molecule has 0 saturated heterocycles. The van der Waals surface area contributed by atoms with Gasteiger partial charge in [0, 0.05) is 17.8 Å². The first kappa shape index (κ1) is 14.0. The number of benzene rings is 2. The molecule has 2 rings (SSSR count). The summed E-state index contributed by atoms with van der Waals surface area (Å²) in [5.41, 5.74) is 7.38. The molecule has 0 saturated carbocycles. The van der Waals surface area contributed by atoms with Gasteiger partial charge < -0.3 is 11.1 Å². The summed E-state index contributed by atoms with van der Waals surface area (Å²) in [6, 6.07) is 10.4. The van der Waals surface area contributed by atoms with Gasteiger partial charge in [-0.25, -0.2) is 8.78 Å². The van der Waals surface area contributed by atoms with E-state index in [0.717, 1.165) is 17.7 Å². The zero-order chi connectivity index (χ0) is 14.5. The van der Waals surface area contributed by atoms with Crippen LogP contribution < -0.4 is 11.1 Å². The predicted octanol–water partition coefficient (Wildman–Crippen LogP) is 2.52. The molecule has 20 heavy (non-hydrogen) atoms. The van der Waals surface area contributed by atoms with Gasteiger partial charge in [0.15, 0.2) is 11.6 Å². The number of nitrogens with two attached hydrogens (primary N) is 1. The lowest BCUT2D eigenvalue weighted by atomic mass is 10.1. The van der Waals surface area contributed by atoms with Gasteiger partial charge in [-0.15, -0.1) is 0 Å². The standard InChI is InChI=1S/C15H14F2N2O/c16-13-6-3-11(9-14(13)17)15(20)19-8-7-10-1-4-12(18)5-2-10/h1-6,9H,7-8,18H2,(H,19,20). The molecule has 0 aliphatic carbocycles. The SMILES string of the molecule is Nc1ccc(CCNC(=O)c2ccc(F)c(F)c2)cc1. The van der Waals surface area contributed by atoms with E-state index in [9.17, 15) is 13.6 Å². The number of hydrogen-bond donors (Lipinski definition) is 2. The van der Waals surface area contributed by atoms with E-state index >= 15 is 0 Å². The van der Waals surface area contributed by atoms with Crippen LogP contribution in [0.2, 0.25) is 0 Å². The molecule has 2 aromatic carbocycles. The van der Waals surface area contributed by atoms with E-state index in [4.69, 9.17) is 5.73 Å². The third-order valence-electron chi connectivity index (χ3n) is 2.86.